The van der Waals surface area contributed by atoms with E-state index in [0.29, 0.717) is 37.5 Å². The lowest BCUT2D eigenvalue weighted by Crippen LogP contribution is -2.32. The average molecular weight is 536 g/mol. The Balaban J connectivity index is 1.63. The van der Waals surface area contributed by atoms with Gasteiger partial charge < -0.3 is 10.1 Å². The number of anilines is 1. The van der Waals surface area contributed by atoms with Gasteiger partial charge >= 0.3 is 0 Å². The molecule has 2 saturated heterocycles. The van der Waals surface area contributed by atoms with Crippen LogP contribution in [0.15, 0.2) is 46.2 Å². The van der Waals surface area contributed by atoms with Crippen molar-refractivity contribution in [1.29, 1.82) is 0 Å². The molecule has 0 unspecified atom stereocenters. The topological polar surface area (TPSA) is 113 Å². The zero-order chi connectivity index (χ0) is 25.9. The van der Waals surface area contributed by atoms with Crippen LogP contribution in [0.4, 0.5) is 5.69 Å². The van der Waals surface area contributed by atoms with E-state index in [1.807, 2.05) is 0 Å². The van der Waals surface area contributed by atoms with Crippen molar-refractivity contribution < 1.29 is 26.4 Å². The number of nitrogens with one attached hydrogen (secondary N) is 1. The summed E-state index contributed by atoms with van der Waals surface area (Å²) in [5.41, 5.74) is 0.992. The highest BCUT2D eigenvalue weighted by atomic mass is 32.2. The van der Waals surface area contributed by atoms with E-state index in [-0.39, 0.29) is 21.0 Å². The second-order valence-electron chi connectivity index (χ2n) is 9.22. The first-order valence-electron chi connectivity index (χ1n) is 12.2. The molecule has 1 N–H and O–H groups in total. The summed E-state index contributed by atoms with van der Waals surface area (Å²) in [7, 11) is -6.00. The molecule has 0 aliphatic carbocycles. The van der Waals surface area contributed by atoms with Crippen LogP contribution in [0.25, 0.3) is 0 Å². The number of amides is 1. The molecule has 0 saturated carbocycles. The van der Waals surface area contributed by atoms with Crippen LogP contribution in [-0.4, -0.2) is 64.6 Å². The monoisotopic (exact) mass is 535 g/mol. The number of hydrogen-bond donors (Lipinski definition) is 1. The summed E-state index contributed by atoms with van der Waals surface area (Å²) in [5, 5.41) is 2.73. The summed E-state index contributed by atoms with van der Waals surface area (Å²) in [4.78, 5) is 13.4. The highest BCUT2D eigenvalue weighted by Gasteiger charge is 2.29. The lowest BCUT2D eigenvalue weighted by molar-refractivity contribution is 0.102. The number of rotatable bonds is 7. The van der Waals surface area contributed by atoms with E-state index in [0.717, 1.165) is 38.5 Å². The molecule has 2 heterocycles. The van der Waals surface area contributed by atoms with E-state index < -0.39 is 26.0 Å². The van der Waals surface area contributed by atoms with E-state index in [2.05, 4.69) is 5.32 Å². The average Bonchev–Trinajstić information content (AvgIpc) is 3.27. The fourth-order valence-electron chi connectivity index (χ4n) is 4.65. The first kappa shape index (κ1) is 26.6. The Morgan fingerprint density at radius 2 is 1.28 bits per heavy atom. The molecule has 2 aliphatic rings. The third kappa shape index (κ3) is 5.44. The Morgan fingerprint density at radius 1 is 0.778 bits per heavy atom. The molecule has 0 atom stereocenters. The minimum absolute atomic E-state index is 0.0646. The maximum absolute atomic E-state index is 13.3. The van der Waals surface area contributed by atoms with Gasteiger partial charge in [-0.3, -0.25) is 4.79 Å². The Bertz CT molecular complexity index is 1330. The maximum atomic E-state index is 13.3. The van der Waals surface area contributed by atoms with Crippen molar-refractivity contribution in [3.8, 4) is 5.75 Å². The Kier molecular flexibility index (Phi) is 8.03. The highest BCUT2D eigenvalue weighted by molar-refractivity contribution is 7.89. The molecule has 1 amide bonds. The third-order valence-corrected chi connectivity index (χ3v) is 10.6. The number of carbonyl (C=O) groups is 1. The van der Waals surface area contributed by atoms with Crippen LogP contribution >= 0.6 is 0 Å². The van der Waals surface area contributed by atoms with E-state index in [1.54, 1.807) is 13.0 Å². The zero-order valence-corrected chi connectivity index (χ0v) is 22.3. The maximum Gasteiger partial charge on any atom is 0.256 e. The Labute approximate surface area is 213 Å². The smallest absolute Gasteiger partial charge is 0.256 e. The molecule has 0 bridgehead atoms. The van der Waals surface area contributed by atoms with Gasteiger partial charge in [0.2, 0.25) is 20.0 Å². The van der Waals surface area contributed by atoms with Crippen LogP contribution in [0.2, 0.25) is 0 Å². The second kappa shape index (κ2) is 10.9. The van der Waals surface area contributed by atoms with Gasteiger partial charge in [-0.15, -0.1) is 0 Å². The highest BCUT2D eigenvalue weighted by Crippen LogP contribution is 2.31. The summed E-state index contributed by atoms with van der Waals surface area (Å²) in [5.74, 6) is -0.246. The molecule has 2 aliphatic heterocycles. The van der Waals surface area contributed by atoms with Crippen molar-refractivity contribution in [2.75, 3.05) is 38.6 Å². The first-order valence-corrected chi connectivity index (χ1v) is 15.1. The molecular formula is C25H33N3O6S2. The van der Waals surface area contributed by atoms with Crippen molar-refractivity contribution in [3.05, 3.63) is 47.5 Å². The number of aryl methyl sites for hydroxylation is 1. The molecule has 11 heteroatoms. The number of ether oxygens (including phenoxy) is 1. The first-order chi connectivity index (χ1) is 17.1. The van der Waals surface area contributed by atoms with Crippen molar-refractivity contribution >= 4 is 31.6 Å². The number of hydrogen-bond acceptors (Lipinski definition) is 6. The van der Waals surface area contributed by atoms with Crippen LogP contribution in [0.5, 0.6) is 5.75 Å². The lowest BCUT2D eigenvalue weighted by atomic mass is 10.1. The fourth-order valence-corrected chi connectivity index (χ4v) is 7.74. The number of benzene rings is 2. The summed E-state index contributed by atoms with van der Waals surface area (Å²) in [6, 6.07) is 8.88. The molecule has 4 rings (SSSR count). The normalized spacial score (nSPS) is 18.1. The van der Waals surface area contributed by atoms with Crippen molar-refractivity contribution in [1.82, 2.24) is 8.61 Å². The largest absolute Gasteiger partial charge is 0.495 e. The summed E-state index contributed by atoms with van der Waals surface area (Å²) < 4.78 is 60.9. The predicted octanol–water partition coefficient (Wildman–Crippen LogP) is 3.61. The molecular weight excluding hydrogens is 502 g/mol. The minimum atomic E-state index is -3.74. The van der Waals surface area contributed by atoms with Gasteiger partial charge in [-0.1, -0.05) is 18.9 Å². The summed E-state index contributed by atoms with van der Waals surface area (Å²) in [6.45, 7) is 3.59. The third-order valence-electron chi connectivity index (χ3n) is 6.78. The fraction of sp³-hybridized carbons (Fsp3) is 0.480. The van der Waals surface area contributed by atoms with Gasteiger partial charge in [0.25, 0.3) is 5.91 Å². The molecule has 0 spiro atoms. The standard InChI is InChI=1S/C25H33N3O6S2/c1-19-9-10-20(35(30,31)27-13-5-3-4-6-14-27)17-22(19)25(29)26-23-18-21(11-12-24(23)34-2)36(32,33)28-15-7-8-16-28/h9-12,17-18H,3-8,13-16H2,1-2H3,(H,26,29). The van der Waals surface area contributed by atoms with Crippen LogP contribution in [-0.2, 0) is 20.0 Å². The number of nitrogens with zero attached hydrogens (tertiary/aromatic N) is 2. The van der Waals surface area contributed by atoms with Crippen LogP contribution in [0.3, 0.4) is 0 Å². The quantitative estimate of drug-likeness (QED) is 0.580. The van der Waals surface area contributed by atoms with Crippen molar-refractivity contribution in [2.45, 2.75) is 55.2 Å². The molecule has 2 aromatic rings. The molecule has 196 valence electrons. The van der Waals surface area contributed by atoms with E-state index >= 15 is 0 Å². The van der Waals surface area contributed by atoms with E-state index in [1.165, 1.54) is 46.1 Å². The number of sulfonamides is 2. The van der Waals surface area contributed by atoms with Crippen LogP contribution < -0.4 is 10.1 Å². The number of methoxy groups -OCH3 is 1. The van der Waals surface area contributed by atoms with Gasteiger partial charge in [0.15, 0.2) is 0 Å². The SMILES string of the molecule is COc1ccc(S(=O)(=O)N2CCCC2)cc1NC(=O)c1cc(S(=O)(=O)N2CCCCCC2)ccc1C. The molecule has 0 aromatic heterocycles. The van der Waals surface area contributed by atoms with Gasteiger partial charge in [0.05, 0.1) is 22.6 Å². The summed E-state index contributed by atoms with van der Waals surface area (Å²) in [6.07, 6.45) is 5.26. The van der Waals surface area contributed by atoms with Crippen molar-refractivity contribution in [2.24, 2.45) is 0 Å². The predicted molar refractivity (Wildman–Crippen MR) is 137 cm³/mol. The summed E-state index contributed by atoms with van der Waals surface area (Å²) >= 11 is 0. The van der Waals surface area contributed by atoms with Gasteiger partial charge in [0, 0.05) is 31.7 Å². The van der Waals surface area contributed by atoms with E-state index in [9.17, 15) is 21.6 Å². The zero-order valence-electron chi connectivity index (χ0n) is 20.7. The lowest BCUT2D eigenvalue weighted by Gasteiger charge is -2.21. The minimum Gasteiger partial charge on any atom is -0.495 e. The molecule has 2 aromatic carbocycles. The number of carbonyl (C=O) groups excluding carboxylic acids is 1. The van der Waals surface area contributed by atoms with Gasteiger partial charge in [-0.2, -0.15) is 8.61 Å². The van der Waals surface area contributed by atoms with Gasteiger partial charge in [0.1, 0.15) is 5.75 Å². The van der Waals surface area contributed by atoms with Crippen molar-refractivity contribution in [3.63, 3.8) is 0 Å². The van der Waals surface area contributed by atoms with Gasteiger partial charge in [-0.05, 0) is 68.5 Å². The van der Waals surface area contributed by atoms with E-state index in [4.69, 9.17) is 4.74 Å². The molecule has 9 nitrogen and oxygen atoms in total. The Hall–Kier alpha value is -2.47. The second-order valence-corrected chi connectivity index (χ2v) is 13.1. The van der Waals surface area contributed by atoms with Crippen LogP contribution in [0, 0.1) is 6.92 Å². The van der Waals surface area contributed by atoms with Crippen LogP contribution in [0.1, 0.15) is 54.4 Å². The molecule has 0 radical (unpaired) electrons. The molecule has 2 fully saturated rings. The van der Waals surface area contributed by atoms with Gasteiger partial charge in [-0.25, -0.2) is 16.8 Å². The molecule has 36 heavy (non-hydrogen) atoms. The Morgan fingerprint density at radius 3 is 1.83 bits per heavy atom.